The van der Waals surface area contributed by atoms with E-state index < -0.39 is 11.7 Å². The number of nitrogens with one attached hydrogen (secondary N) is 1. The quantitative estimate of drug-likeness (QED) is 0.556. The number of carbonyl (C=O) groups is 3. The largest absolute Gasteiger partial charge is 0.506 e. The summed E-state index contributed by atoms with van der Waals surface area (Å²) in [6, 6.07) is 3.34. The van der Waals surface area contributed by atoms with Gasteiger partial charge in [-0.1, -0.05) is 18.3 Å². The van der Waals surface area contributed by atoms with Crippen molar-refractivity contribution in [2.24, 2.45) is 5.73 Å². The van der Waals surface area contributed by atoms with Gasteiger partial charge >= 0.3 is 6.09 Å². The predicted molar refractivity (Wildman–Crippen MR) is 121 cm³/mol. The summed E-state index contributed by atoms with van der Waals surface area (Å²) in [6.45, 7) is 6.71. The fourth-order valence-corrected chi connectivity index (χ4v) is 4.52. The minimum atomic E-state index is -0.874. The highest BCUT2D eigenvalue weighted by molar-refractivity contribution is 7.16. The van der Waals surface area contributed by atoms with Crippen LogP contribution in [0.3, 0.4) is 0 Å². The lowest BCUT2D eigenvalue weighted by Crippen LogP contribution is -2.36. The van der Waals surface area contributed by atoms with E-state index in [9.17, 15) is 19.5 Å². The van der Waals surface area contributed by atoms with Crippen LogP contribution in [0.5, 0.6) is 0 Å². The number of allylic oxidation sites excluding steroid dienone is 1. The molecule has 0 spiro atoms. The van der Waals surface area contributed by atoms with E-state index >= 15 is 0 Å². The molecule has 1 aliphatic carbocycles. The van der Waals surface area contributed by atoms with Crippen LogP contribution < -0.4 is 11.1 Å². The number of ketones is 1. The summed E-state index contributed by atoms with van der Waals surface area (Å²) in [6.07, 6.45) is 2.23. The van der Waals surface area contributed by atoms with Crippen LogP contribution in [-0.2, 0) is 16.0 Å². The number of hydrogen-bond donors (Lipinski definition) is 3. The van der Waals surface area contributed by atoms with Gasteiger partial charge in [-0.3, -0.25) is 14.6 Å². The number of primary amides is 1. The lowest BCUT2D eigenvalue weighted by atomic mass is 9.89. The number of anilines is 1. The van der Waals surface area contributed by atoms with Crippen molar-refractivity contribution in [3.8, 4) is 0 Å². The first-order valence-corrected chi connectivity index (χ1v) is 11.0. The van der Waals surface area contributed by atoms with E-state index in [-0.39, 0.29) is 23.4 Å². The highest BCUT2D eigenvalue weighted by Crippen LogP contribution is 2.36. The number of aliphatic hydroxyl groups excluding tert-OH is 1. The SMILES string of the molecule is CC(=O)Nc1nc2c(s1)C(O)=C(C(=O)c1ccc(C(C)C(C)(C)OC(N)=O)nc1)CCC2. The second-order valence-corrected chi connectivity index (χ2v) is 9.20. The van der Waals surface area contributed by atoms with Gasteiger partial charge in [0.05, 0.1) is 10.6 Å². The van der Waals surface area contributed by atoms with Crippen molar-refractivity contribution in [2.45, 2.75) is 58.5 Å². The number of amides is 2. The zero-order valence-corrected chi connectivity index (χ0v) is 19.2. The van der Waals surface area contributed by atoms with Crippen molar-refractivity contribution in [2.75, 3.05) is 5.32 Å². The van der Waals surface area contributed by atoms with Gasteiger partial charge in [0.25, 0.3) is 0 Å². The molecule has 0 saturated carbocycles. The molecule has 2 aromatic rings. The van der Waals surface area contributed by atoms with Crippen molar-refractivity contribution in [3.05, 3.63) is 45.7 Å². The van der Waals surface area contributed by atoms with Crippen LogP contribution >= 0.6 is 11.3 Å². The molecule has 0 aliphatic heterocycles. The van der Waals surface area contributed by atoms with Gasteiger partial charge in [0.15, 0.2) is 10.9 Å². The smallest absolute Gasteiger partial charge is 0.405 e. The first-order valence-electron chi connectivity index (χ1n) is 10.2. The first kappa shape index (κ1) is 23.4. The Bertz CT molecular complexity index is 1090. The molecule has 2 aromatic heterocycles. The van der Waals surface area contributed by atoms with E-state index in [2.05, 4.69) is 15.3 Å². The van der Waals surface area contributed by atoms with Crippen molar-refractivity contribution in [1.29, 1.82) is 0 Å². The normalized spacial score (nSPS) is 14.9. The average molecular weight is 459 g/mol. The molecule has 0 bridgehead atoms. The zero-order valence-electron chi connectivity index (χ0n) is 18.4. The van der Waals surface area contributed by atoms with Crippen LogP contribution in [0.15, 0.2) is 23.9 Å². The molecule has 1 atom stereocenters. The van der Waals surface area contributed by atoms with Crippen LogP contribution in [0.1, 0.15) is 73.1 Å². The molecule has 3 rings (SSSR count). The topological polar surface area (TPSA) is 144 Å². The summed E-state index contributed by atoms with van der Waals surface area (Å²) in [4.78, 5) is 44.9. The Labute approximate surface area is 189 Å². The third-order valence-corrected chi connectivity index (χ3v) is 6.51. The minimum Gasteiger partial charge on any atom is -0.506 e. The highest BCUT2D eigenvalue weighted by Gasteiger charge is 2.32. The molecule has 9 nitrogen and oxygen atoms in total. The number of pyridine rings is 1. The summed E-state index contributed by atoms with van der Waals surface area (Å²) < 4.78 is 5.17. The maximum absolute atomic E-state index is 13.2. The number of thiazole rings is 1. The second kappa shape index (κ2) is 9.07. The van der Waals surface area contributed by atoms with Crippen molar-refractivity contribution in [1.82, 2.24) is 9.97 Å². The molecule has 1 aliphatic rings. The molecule has 2 amide bonds. The fraction of sp³-hybridized carbons (Fsp3) is 0.409. The Morgan fingerprint density at radius 1 is 1.28 bits per heavy atom. The summed E-state index contributed by atoms with van der Waals surface area (Å²) >= 11 is 1.14. The van der Waals surface area contributed by atoms with E-state index in [0.717, 1.165) is 11.3 Å². The lowest BCUT2D eigenvalue weighted by Gasteiger charge is -2.30. The van der Waals surface area contributed by atoms with Gasteiger partial charge in [0.2, 0.25) is 5.91 Å². The van der Waals surface area contributed by atoms with Crippen LogP contribution in [0, 0.1) is 0 Å². The van der Waals surface area contributed by atoms with E-state index in [1.165, 1.54) is 13.1 Å². The Morgan fingerprint density at radius 3 is 2.59 bits per heavy atom. The molecule has 0 aromatic carbocycles. The summed E-state index contributed by atoms with van der Waals surface area (Å²) in [5.41, 5.74) is 6.21. The molecule has 1 unspecified atom stereocenters. The molecule has 0 radical (unpaired) electrons. The average Bonchev–Trinajstić information content (AvgIpc) is 3.04. The number of nitrogens with two attached hydrogens (primary N) is 1. The van der Waals surface area contributed by atoms with E-state index in [4.69, 9.17) is 10.5 Å². The van der Waals surface area contributed by atoms with E-state index in [1.54, 1.807) is 26.0 Å². The fourth-order valence-electron chi connectivity index (χ4n) is 3.49. The second-order valence-electron chi connectivity index (χ2n) is 8.20. The van der Waals surface area contributed by atoms with Crippen LogP contribution in [0.4, 0.5) is 9.93 Å². The number of carbonyl (C=O) groups excluding carboxylic acids is 3. The molecule has 170 valence electrons. The Morgan fingerprint density at radius 2 is 2.00 bits per heavy atom. The molecule has 4 N–H and O–H groups in total. The molecular weight excluding hydrogens is 432 g/mol. The van der Waals surface area contributed by atoms with Gasteiger partial charge < -0.3 is 20.9 Å². The summed E-state index contributed by atoms with van der Waals surface area (Å²) in [7, 11) is 0. The first-order chi connectivity index (χ1) is 15.0. The number of aromatic nitrogens is 2. The number of rotatable bonds is 6. The van der Waals surface area contributed by atoms with Crippen LogP contribution in [-0.4, -0.2) is 38.5 Å². The summed E-state index contributed by atoms with van der Waals surface area (Å²) in [5, 5.41) is 13.9. The van der Waals surface area contributed by atoms with Gasteiger partial charge in [-0.2, -0.15) is 0 Å². The number of nitrogens with zero attached hydrogens (tertiary/aromatic N) is 2. The van der Waals surface area contributed by atoms with Gasteiger partial charge in [-0.25, -0.2) is 9.78 Å². The standard InChI is InChI=1S/C22H26N4O5S/c1-11(22(3,4)31-20(23)30)15-9-8-13(10-24-15)17(28)14-6-5-7-16-19(18(14)29)32-21(26-16)25-12(2)27/h8-11,29H,5-7H2,1-4H3,(H2,23,30)(H,25,26,27). The van der Waals surface area contributed by atoms with Gasteiger partial charge in [-0.05, 0) is 45.2 Å². The number of aryl methyl sites for hydroxylation is 1. The monoisotopic (exact) mass is 458 g/mol. The maximum atomic E-state index is 13.2. The Kier molecular flexibility index (Phi) is 6.63. The van der Waals surface area contributed by atoms with Crippen molar-refractivity contribution in [3.63, 3.8) is 0 Å². The van der Waals surface area contributed by atoms with E-state index in [1.807, 2.05) is 6.92 Å². The summed E-state index contributed by atoms with van der Waals surface area (Å²) in [5.74, 6) is -0.940. The maximum Gasteiger partial charge on any atom is 0.405 e. The molecule has 2 heterocycles. The molecular formula is C22H26N4O5S. The molecule has 0 saturated heterocycles. The van der Waals surface area contributed by atoms with Crippen molar-refractivity contribution >= 4 is 40.0 Å². The predicted octanol–water partition coefficient (Wildman–Crippen LogP) is 3.96. The van der Waals surface area contributed by atoms with Gasteiger partial charge in [-0.15, -0.1) is 0 Å². The molecule has 10 heteroatoms. The minimum absolute atomic E-state index is 0.106. The third kappa shape index (κ3) is 4.96. The number of ether oxygens (including phenoxy) is 1. The third-order valence-electron chi connectivity index (χ3n) is 5.49. The highest BCUT2D eigenvalue weighted by atomic mass is 32.1. The van der Waals surface area contributed by atoms with Crippen LogP contribution in [0.2, 0.25) is 0 Å². The molecule has 0 fully saturated rings. The zero-order chi connectivity index (χ0) is 23.6. The number of hydrogen-bond acceptors (Lipinski definition) is 8. The number of aliphatic hydroxyl groups is 1. The van der Waals surface area contributed by atoms with Gasteiger partial charge in [0, 0.05) is 35.9 Å². The van der Waals surface area contributed by atoms with Gasteiger partial charge in [0.1, 0.15) is 11.4 Å². The lowest BCUT2D eigenvalue weighted by molar-refractivity contribution is -0.114. The Balaban J connectivity index is 1.86. The van der Waals surface area contributed by atoms with Crippen LogP contribution in [0.25, 0.3) is 5.76 Å². The number of fused-ring (bicyclic) bond motifs is 1. The van der Waals surface area contributed by atoms with E-state index in [0.29, 0.717) is 51.8 Å². The molecule has 32 heavy (non-hydrogen) atoms. The van der Waals surface area contributed by atoms with Crippen molar-refractivity contribution < 1.29 is 24.2 Å². The Hall–Kier alpha value is -3.27. The number of Topliss-reactive ketones (excluding diaryl/α,β-unsaturated/α-hetero) is 1.